The van der Waals surface area contributed by atoms with Crippen molar-refractivity contribution in [3.05, 3.63) is 70.3 Å². The highest BCUT2D eigenvalue weighted by atomic mass is 35.5. The monoisotopic (exact) mass is 764 g/mol. The first kappa shape index (κ1) is 38.7. The number of rotatable bonds is 3. The number of anilines is 1. The molecule has 1 saturated heterocycles. The fourth-order valence-electron chi connectivity index (χ4n) is 9.83. The number of aryl methyl sites for hydroxylation is 1. The van der Waals surface area contributed by atoms with E-state index in [0.717, 1.165) is 101 Å². The van der Waals surface area contributed by atoms with Gasteiger partial charge in [0.1, 0.15) is 11.4 Å². The molecule has 7 atom stereocenters. The minimum absolute atomic E-state index is 0.0342. The number of methoxy groups -OCH3 is 1. The fourth-order valence-corrected chi connectivity index (χ4v) is 11.5. The second-order valence-electron chi connectivity index (χ2n) is 17.8. The van der Waals surface area contributed by atoms with Crippen molar-refractivity contribution in [3.63, 3.8) is 0 Å². The Morgan fingerprint density at radius 1 is 1.09 bits per heavy atom. The van der Waals surface area contributed by atoms with Crippen molar-refractivity contribution in [2.45, 2.75) is 94.9 Å². The number of benzene rings is 2. The predicted molar refractivity (Wildman–Crippen MR) is 219 cm³/mol. The van der Waals surface area contributed by atoms with Gasteiger partial charge in [-0.25, -0.2) is 4.21 Å². The van der Waals surface area contributed by atoms with Crippen molar-refractivity contribution in [3.8, 4) is 5.75 Å². The lowest BCUT2D eigenvalue weighted by molar-refractivity contribution is -0.0975. The smallest absolute Gasteiger partial charge is 0.262 e. The van der Waals surface area contributed by atoms with Crippen LogP contribution in [0.3, 0.4) is 0 Å². The minimum atomic E-state index is -2.95. The first-order chi connectivity index (χ1) is 25.1. The molecule has 53 heavy (non-hydrogen) atoms. The van der Waals surface area contributed by atoms with Gasteiger partial charge in [0.2, 0.25) is 0 Å². The Balaban J connectivity index is 1.28. The van der Waals surface area contributed by atoms with Gasteiger partial charge in [-0.1, -0.05) is 36.7 Å². The number of allylic oxidation sites excluding steroid dienone is 1. The molecule has 8 nitrogen and oxygen atoms in total. The maximum atomic E-state index is 14.1. The molecule has 0 aromatic heterocycles. The fraction of sp³-hybridized carbons (Fsp3) is 0.628. The summed E-state index contributed by atoms with van der Waals surface area (Å²) in [5, 5.41) is 0.439. The number of carbonyl (C=O) groups is 1. The molecule has 2 aliphatic carbocycles. The Morgan fingerprint density at radius 3 is 2.57 bits per heavy atom. The van der Waals surface area contributed by atoms with Crippen LogP contribution in [0.25, 0.3) is 0 Å². The summed E-state index contributed by atoms with van der Waals surface area (Å²) < 4.78 is 30.4. The molecule has 5 aliphatic rings. The third-order valence-electron chi connectivity index (χ3n) is 13.5. The maximum Gasteiger partial charge on any atom is 0.262 e. The van der Waals surface area contributed by atoms with E-state index < -0.39 is 15.3 Å². The maximum absolute atomic E-state index is 14.1. The van der Waals surface area contributed by atoms with Crippen LogP contribution in [-0.4, -0.2) is 102 Å². The second-order valence-corrected chi connectivity index (χ2v) is 20.6. The van der Waals surface area contributed by atoms with E-state index in [1.54, 1.807) is 6.07 Å². The number of nitrogens with one attached hydrogen (secondary N) is 1. The van der Waals surface area contributed by atoms with Crippen LogP contribution >= 0.6 is 11.6 Å². The zero-order valence-electron chi connectivity index (χ0n) is 32.8. The molecule has 2 aromatic rings. The standard InChI is InChI=1S/C43H61ClN4O4S/c1-30-10-8-19-43(51-6,28-46-20-22-48(23-21-46)41(3,4)5)37-15-12-34(37)26-47-27-42(18-9-11-32-24-35(44)14-16-36(32)42)29-52-39-17-13-33(25-38(39)47)40(49)45-53(7,50)31(30)2/h8,13-14,16-17,19,24-25,30-31,34,37H,7,9-12,15,18,20-23,26-29H2,1-6H3,(H,45,49,50)/b19-8+/t30-,31+,34-,37+,42-,43+,53?/m0/s1. The van der Waals surface area contributed by atoms with Gasteiger partial charge in [-0.05, 0) is 131 Å². The zero-order valence-corrected chi connectivity index (χ0v) is 34.4. The molecule has 1 unspecified atom stereocenters. The number of halogens is 1. The van der Waals surface area contributed by atoms with E-state index in [9.17, 15) is 9.00 Å². The number of hydrogen-bond acceptors (Lipinski definition) is 7. The Morgan fingerprint density at radius 2 is 1.87 bits per heavy atom. The lowest BCUT2D eigenvalue weighted by atomic mass is 9.63. The first-order valence-corrected chi connectivity index (χ1v) is 22.0. The second kappa shape index (κ2) is 14.8. The largest absolute Gasteiger partial charge is 0.490 e. The van der Waals surface area contributed by atoms with Crippen LogP contribution < -0.4 is 14.4 Å². The zero-order chi connectivity index (χ0) is 37.8. The summed E-state index contributed by atoms with van der Waals surface area (Å²) in [5.41, 5.74) is 3.47. The van der Waals surface area contributed by atoms with E-state index in [-0.39, 0.29) is 28.0 Å². The van der Waals surface area contributed by atoms with E-state index in [1.807, 2.05) is 32.2 Å². The summed E-state index contributed by atoms with van der Waals surface area (Å²) in [6.07, 6.45) is 10.6. The van der Waals surface area contributed by atoms with Gasteiger partial charge in [0.25, 0.3) is 5.91 Å². The van der Waals surface area contributed by atoms with Crippen molar-refractivity contribution in [2.75, 3.05) is 64.4 Å². The quantitative estimate of drug-likeness (QED) is 0.267. The number of nitrogens with zero attached hydrogens (tertiary/aromatic N) is 3. The molecule has 7 rings (SSSR count). The number of amides is 1. The molecule has 0 radical (unpaired) electrons. The highest BCUT2D eigenvalue weighted by molar-refractivity contribution is 7.99. The molecule has 3 aliphatic heterocycles. The van der Waals surface area contributed by atoms with E-state index in [0.29, 0.717) is 24.0 Å². The van der Waals surface area contributed by atoms with E-state index in [1.165, 1.54) is 11.1 Å². The van der Waals surface area contributed by atoms with Crippen molar-refractivity contribution in [1.29, 1.82) is 0 Å². The summed E-state index contributed by atoms with van der Waals surface area (Å²) in [6, 6.07) is 12.0. The van der Waals surface area contributed by atoms with E-state index in [2.05, 4.69) is 77.3 Å². The van der Waals surface area contributed by atoms with Gasteiger partial charge < -0.3 is 14.4 Å². The van der Waals surface area contributed by atoms with Crippen LogP contribution in [0.5, 0.6) is 5.75 Å². The number of ether oxygens (including phenoxy) is 2. The van der Waals surface area contributed by atoms with Gasteiger partial charge in [0, 0.05) is 79.7 Å². The number of carbonyl (C=O) groups excluding carboxylic acids is 1. The summed E-state index contributed by atoms with van der Waals surface area (Å²) in [4.78, 5) is 21.5. The van der Waals surface area contributed by atoms with Crippen molar-refractivity contribution < 1.29 is 18.5 Å². The van der Waals surface area contributed by atoms with Gasteiger partial charge in [0.05, 0.1) is 22.0 Å². The van der Waals surface area contributed by atoms with Crippen LogP contribution in [-0.2, 0) is 26.3 Å². The number of hydrogen-bond donors (Lipinski definition) is 1. The molecule has 1 N–H and O–H groups in total. The minimum Gasteiger partial charge on any atom is -0.490 e. The van der Waals surface area contributed by atoms with Crippen LogP contribution in [0.2, 0.25) is 5.02 Å². The average Bonchev–Trinajstić information content (AvgIpc) is 3.25. The van der Waals surface area contributed by atoms with Crippen LogP contribution in [0, 0.1) is 17.8 Å². The summed E-state index contributed by atoms with van der Waals surface area (Å²) >= 11 is 6.52. The van der Waals surface area contributed by atoms with E-state index in [4.69, 9.17) is 21.1 Å². The van der Waals surface area contributed by atoms with Gasteiger partial charge >= 0.3 is 0 Å². The lowest BCUT2D eigenvalue weighted by Crippen LogP contribution is -2.60. The first-order valence-electron chi connectivity index (χ1n) is 19.8. The third-order valence-corrected chi connectivity index (χ3v) is 16.0. The molecular weight excluding hydrogens is 704 g/mol. The number of piperazine rings is 1. The Kier molecular flexibility index (Phi) is 10.8. The van der Waals surface area contributed by atoms with Gasteiger partial charge in [-0.2, -0.15) is 0 Å². The molecule has 2 bridgehead atoms. The third kappa shape index (κ3) is 7.67. The summed E-state index contributed by atoms with van der Waals surface area (Å²) in [6.45, 7) is 18.1. The SMILES string of the molecule is C=S1(=O)NC(=O)c2ccc3c(c2)N(C[C@@H]2CC[C@H]2[C@@](CN2CCN(C(C)(C)C)CC2)(OC)/C=C/C[C@H](C)[C@H]1C)C[C@@]1(CCCc2cc(Cl)ccc21)CO3. The lowest BCUT2D eigenvalue weighted by Gasteiger charge is -2.52. The molecule has 290 valence electrons. The summed E-state index contributed by atoms with van der Waals surface area (Å²) in [5.74, 6) is 5.23. The topological polar surface area (TPSA) is 74.4 Å². The normalized spacial score (nSPS) is 34.9. The van der Waals surface area contributed by atoms with Crippen molar-refractivity contribution >= 4 is 38.8 Å². The Bertz CT molecular complexity index is 1820. The number of fused-ring (bicyclic) bond motifs is 4. The highest BCUT2D eigenvalue weighted by Crippen LogP contribution is 2.49. The molecule has 3 heterocycles. The molecule has 1 saturated carbocycles. The highest BCUT2D eigenvalue weighted by Gasteiger charge is 2.50. The van der Waals surface area contributed by atoms with E-state index >= 15 is 0 Å². The molecule has 2 fully saturated rings. The molecule has 1 amide bonds. The van der Waals surface area contributed by atoms with Crippen molar-refractivity contribution in [1.82, 2.24) is 14.5 Å². The predicted octanol–water partition coefficient (Wildman–Crippen LogP) is 6.99. The van der Waals surface area contributed by atoms with Crippen LogP contribution in [0.1, 0.15) is 88.2 Å². The Labute approximate surface area is 323 Å². The Hall–Kier alpha value is -2.56. The van der Waals surface area contributed by atoms with Crippen molar-refractivity contribution in [2.24, 2.45) is 17.8 Å². The molecule has 2 aromatic carbocycles. The molecule has 1 spiro atoms. The van der Waals surface area contributed by atoms with Gasteiger partial charge in [-0.3, -0.25) is 19.3 Å². The van der Waals surface area contributed by atoms with Gasteiger partial charge in [-0.15, -0.1) is 0 Å². The average molecular weight is 766 g/mol. The summed E-state index contributed by atoms with van der Waals surface area (Å²) in [7, 11) is -1.06. The van der Waals surface area contributed by atoms with Crippen LogP contribution in [0.15, 0.2) is 48.6 Å². The van der Waals surface area contributed by atoms with Gasteiger partial charge in [0.15, 0.2) is 0 Å². The molecule has 10 heteroatoms. The molecular formula is C43H61ClN4O4S. The van der Waals surface area contributed by atoms with Crippen LogP contribution in [0.4, 0.5) is 5.69 Å².